The highest BCUT2D eigenvalue weighted by Crippen LogP contribution is 2.31. The number of aromatic nitrogens is 2. The first-order valence-electron chi connectivity index (χ1n) is 8.11. The van der Waals surface area contributed by atoms with Crippen molar-refractivity contribution in [3.63, 3.8) is 0 Å². The van der Waals surface area contributed by atoms with Crippen LogP contribution in [0.5, 0.6) is 0 Å². The van der Waals surface area contributed by atoms with Crippen molar-refractivity contribution in [1.82, 2.24) is 9.97 Å². The van der Waals surface area contributed by atoms with Gasteiger partial charge >= 0.3 is 11.7 Å². The Labute approximate surface area is 151 Å². The summed E-state index contributed by atoms with van der Waals surface area (Å²) >= 11 is 0. The molecule has 0 unspecified atom stereocenters. The van der Waals surface area contributed by atoms with Gasteiger partial charge in [0.05, 0.1) is 17.6 Å². The number of carbonyl (C=O) groups excluding carboxylic acids is 1. The molecule has 0 bridgehead atoms. The molecule has 0 saturated carbocycles. The number of carbonyl (C=O) groups is 1. The standard InChI is InChI=1S/C17H21N5O4/c1-11(2)8-9-18-15-14(22(24)25)16(20-10-19-15)21-13-6-4-12(5-7-13)17(23)26-3/h4-7,10-11H,8-9H2,1-3H3,(H2,18,19,20,21). The Bertz CT molecular complexity index is 777. The lowest BCUT2D eigenvalue weighted by atomic mass is 10.1. The van der Waals surface area contributed by atoms with Crippen molar-refractivity contribution >= 4 is 29.0 Å². The molecule has 2 N–H and O–H groups in total. The second-order valence-corrected chi connectivity index (χ2v) is 5.98. The molecule has 1 aromatic heterocycles. The zero-order valence-corrected chi connectivity index (χ0v) is 14.9. The fraction of sp³-hybridized carbons (Fsp3) is 0.353. The summed E-state index contributed by atoms with van der Waals surface area (Å²) in [6.45, 7) is 4.71. The number of nitrogens with one attached hydrogen (secondary N) is 2. The molecule has 9 nitrogen and oxygen atoms in total. The van der Waals surface area contributed by atoms with Crippen LogP contribution in [0.15, 0.2) is 30.6 Å². The predicted molar refractivity (Wildman–Crippen MR) is 97.7 cm³/mol. The number of nitrogens with zero attached hydrogens (tertiary/aromatic N) is 3. The van der Waals surface area contributed by atoms with Gasteiger partial charge in [0.2, 0.25) is 11.6 Å². The molecule has 26 heavy (non-hydrogen) atoms. The van der Waals surface area contributed by atoms with Gasteiger partial charge < -0.3 is 15.4 Å². The van der Waals surface area contributed by atoms with E-state index in [4.69, 9.17) is 0 Å². The van der Waals surface area contributed by atoms with Crippen molar-refractivity contribution in [1.29, 1.82) is 0 Å². The minimum absolute atomic E-state index is 0.0721. The lowest BCUT2D eigenvalue weighted by Crippen LogP contribution is -2.10. The van der Waals surface area contributed by atoms with Gasteiger partial charge in [-0.05, 0) is 36.6 Å². The molecule has 0 fully saturated rings. The summed E-state index contributed by atoms with van der Waals surface area (Å²) in [5, 5.41) is 17.4. The molecular weight excluding hydrogens is 338 g/mol. The van der Waals surface area contributed by atoms with E-state index in [9.17, 15) is 14.9 Å². The monoisotopic (exact) mass is 359 g/mol. The molecule has 138 valence electrons. The van der Waals surface area contributed by atoms with Crippen molar-refractivity contribution < 1.29 is 14.5 Å². The normalized spacial score (nSPS) is 10.5. The number of hydrogen-bond acceptors (Lipinski definition) is 8. The Hall–Kier alpha value is -3.23. The first-order chi connectivity index (χ1) is 12.4. The third-order valence-corrected chi connectivity index (χ3v) is 3.59. The van der Waals surface area contributed by atoms with Gasteiger partial charge in [0, 0.05) is 12.2 Å². The molecule has 1 heterocycles. The van der Waals surface area contributed by atoms with E-state index in [1.54, 1.807) is 24.3 Å². The van der Waals surface area contributed by atoms with Gasteiger partial charge in [-0.2, -0.15) is 0 Å². The molecule has 0 amide bonds. The summed E-state index contributed by atoms with van der Waals surface area (Å²) in [6.07, 6.45) is 2.12. The molecule has 0 radical (unpaired) electrons. The van der Waals surface area contributed by atoms with Gasteiger partial charge in [0.25, 0.3) is 0 Å². The highest BCUT2D eigenvalue weighted by molar-refractivity contribution is 5.89. The molecule has 0 saturated heterocycles. The van der Waals surface area contributed by atoms with E-state index in [2.05, 4.69) is 39.2 Å². The number of methoxy groups -OCH3 is 1. The maximum Gasteiger partial charge on any atom is 0.353 e. The van der Waals surface area contributed by atoms with Crippen LogP contribution in [-0.2, 0) is 4.74 Å². The number of ether oxygens (including phenoxy) is 1. The second-order valence-electron chi connectivity index (χ2n) is 5.98. The third-order valence-electron chi connectivity index (χ3n) is 3.59. The van der Waals surface area contributed by atoms with E-state index in [1.165, 1.54) is 13.4 Å². The molecule has 1 aromatic carbocycles. The smallest absolute Gasteiger partial charge is 0.353 e. The van der Waals surface area contributed by atoms with E-state index >= 15 is 0 Å². The molecule has 2 aromatic rings. The molecule has 2 rings (SSSR count). The maximum atomic E-state index is 11.5. The van der Waals surface area contributed by atoms with Crippen molar-refractivity contribution in [2.24, 2.45) is 5.92 Å². The number of benzene rings is 1. The summed E-state index contributed by atoms with van der Waals surface area (Å²) in [4.78, 5) is 30.4. The Balaban J connectivity index is 2.22. The van der Waals surface area contributed by atoms with Crippen LogP contribution in [0, 0.1) is 16.0 Å². The number of anilines is 3. The van der Waals surface area contributed by atoms with Crippen molar-refractivity contribution in [3.8, 4) is 0 Å². The van der Waals surface area contributed by atoms with Gasteiger partial charge in [-0.3, -0.25) is 10.1 Å². The summed E-state index contributed by atoms with van der Waals surface area (Å²) in [5.74, 6) is 0.248. The fourth-order valence-electron chi connectivity index (χ4n) is 2.20. The van der Waals surface area contributed by atoms with Gasteiger partial charge in [-0.25, -0.2) is 14.8 Å². The summed E-state index contributed by atoms with van der Waals surface area (Å²) in [7, 11) is 1.30. The minimum atomic E-state index is -0.525. The highest BCUT2D eigenvalue weighted by Gasteiger charge is 2.23. The molecule has 0 aliphatic rings. The molecular formula is C17H21N5O4. The van der Waals surface area contributed by atoms with Crippen LogP contribution < -0.4 is 10.6 Å². The quantitative estimate of drug-likeness (QED) is 0.418. The topological polar surface area (TPSA) is 119 Å². The number of esters is 1. The van der Waals surface area contributed by atoms with Crippen LogP contribution in [-0.4, -0.2) is 34.5 Å². The summed E-state index contributed by atoms with van der Waals surface area (Å²) in [6, 6.07) is 6.35. The molecule has 0 aliphatic heterocycles. The zero-order chi connectivity index (χ0) is 19.1. The highest BCUT2D eigenvalue weighted by atomic mass is 16.6. The Morgan fingerprint density at radius 2 is 1.88 bits per heavy atom. The summed E-state index contributed by atoms with van der Waals surface area (Å²) in [5.41, 5.74) is 0.701. The summed E-state index contributed by atoms with van der Waals surface area (Å²) < 4.78 is 4.64. The first kappa shape index (κ1) is 19.1. The van der Waals surface area contributed by atoms with Crippen LogP contribution in [0.2, 0.25) is 0 Å². The first-order valence-corrected chi connectivity index (χ1v) is 8.11. The second kappa shape index (κ2) is 8.75. The van der Waals surface area contributed by atoms with E-state index < -0.39 is 10.9 Å². The average Bonchev–Trinajstić information content (AvgIpc) is 2.61. The lowest BCUT2D eigenvalue weighted by molar-refractivity contribution is -0.383. The molecule has 0 aliphatic carbocycles. The van der Waals surface area contributed by atoms with Crippen LogP contribution in [0.25, 0.3) is 0 Å². The van der Waals surface area contributed by atoms with E-state index in [0.717, 1.165) is 6.42 Å². The lowest BCUT2D eigenvalue weighted by Gasteiger charge is -2.11. The van der Waals surface area contributed by atoms with Crippen LogP contribution in [0.3, 0.4) is 0 Å². The van der Waals surface area contributed by atoms with Crippen molar-refractivity contribution in [2.45, 2.75) is 20.3 Å². The number of rotatable bonds is 8. The maximum absolute atomic E-state index is 11.5. The van der Waals surface area contributed by atoms with Crippen molar-refractivity contribution in [3.05, 3.63) is 46.3 Å². The number of nitro groups is 1. The van der Waals surface area contributed by atoms with Gasteiger partial charge in [-0.15, -0.1) is 0 Å². The van der Waals surface area contributed by atoms with Gasteiger partial charge in [0.1, 0.15) is 6.33 Å². The SMILES string of the molecule is COC(=O)c1ccc(Nc2ncnc(NCCC(C)C)c2[N+](=O)[O-])cc1. The van der Waals surface area contributed by atoms with E-state index in [1.807, 2.05) is 0 Å². The van der Waals surface area contributed by atoms with Crippen LogP contribution in [0.4, 0.5) is 23.0 Å². The Morgan fingerprint density at radius 3 is 2.46 bits per heavy atom. The average molecular weight is 359 g/mol. The van der Waals surface area contributed by atoms with Gasteiger partial charge in [-0.1, -0.05) is 13.8 Å². The zero-order valence-electron chi connectivity index (χ0n) is 14.9. The molecule has 9 heteroatoms. The predicted octanol–water partition coefficient (Wildman–Crippen LogP) is 3.37. The minimum Gasteiger partial charge on any atom is -0.465 e. The Kier molecular flexibility index (Phi) is 6.42. The largest absolute Gasteiger partial charge is 0.465 e. The van der Waals surface area contributed by atoms with Crippen LogP contribution in [0.1, 0.15) is 30.6 Å². The van der Waals surface area contributed by atoms with E-state index in [-0.39, 0.29) is 17.3 Å². The Morgan fingerprint density at radius 1 is 1.23 bits per heavy atom. The third kappa shape index (κ3) is 4.88. The van der Waals surface area contributed by atoms with E-state index in [0.29, 0.717) is 23.7 Å². The van der Waals surface area contributed by atoms with Crippen LogP contribution >= 0.6 is 0 Å². The van der Waals surface area contributed by atoms with Crippen molar-refractivity contribution in [2.75, 3.05) is 24.3 Å². The fourth-order valence-corrected chi connectivity index (χ4v) is 2.20. The number of hydrogen-bond donors (Lipinski definition) is 2. The molecule has 0 atom stereocenters. The van der Waals surface area contributed by atoms with Gasteiger partial charge in [0.15, 0.2) is 0 Å². The molecule has 0 spiro atoms.